The van der Waals surface area contributed by atoms with Gasteiger partial charge in [0.15, 0.2) is 0 Å². The summed E-state index contributed by atoms with van der Waals surface area (Å²) < 4.78 is 1.50. The summed E-state index contributed by atoms with van der Waals surface area (Å²) in [6, 6.07) is 18.8. The summed E-state index contributed by atoms with van der Waals surface area (Å²) in [7, 11) is 0. The van der Waals surface area contributed by atoms with Crippen molar-refractivity contribution >= 4 is 22.7 Å². The van der Waals surface area contributed by atoms with Gasteiger partial charge in [-0.05, 0) is 37.4 Å². The van der Waals surface area contributed by atoms with Gasteiger partial charge in [-0.25, -0.2) is 4.68 Å². The van der Waals surface area contributed by atoms with E-state index in [1.807, 2.05) is 68.4 Å². The fourth-order valence-corrected chi connectivity index (χ4v) is 3.10. The van der Waals surface area contributed by atoms with Gasteiger partial charge in [0.1, 0.15) is 11.4 Å². The van der Waals surface area contributed by atoms with Crippen LogP contribution in [-0.2, 0) is 0 Å². The highest BCUT2D eigenvalue weighted by atomic mass is 16.3. The lowest BCUT2D eigenvalue weighted by molar-refractivity contribution is 0.477. The van der Waals surface area contributed by atoms with Gasteiger partial charge in [0.2, 0.25) is 0 Å². The molecular weight excluding hydrogens is 338 g/mol. The van der Waals surface area contributed by atoms with Crippen LogP contribution in [0.5, 0.6) is 5.75 Å². The molecule has 0 aliphatic rings. The standard InChI is InChI=1S/C22H19N3O2/c1-14-7-10-17(11-8-14)25-22(27)19(15(2)24-25)13-23-21-18-6-4-3-5-16(18)9-12-20(21)26/h3-13,24,26H,1-2H3. The summed E-state index contributed by atoms with van der Waals surface area (Å²) in [6.45, 7) is 3.83. The van der Waals surface area contributed by atoms with E-state index in [0.29, 0.717) is 16.9 Å². The third-order valence-electron chi connectivity index (χ3n) is 4.61. The van der Waals surface area contributed by atoms with Gasteiger partial charge in [0.25, 0.3) is 5.56 Å². The number of aromatic amines is 1. The third kappa shape index (κ3) is 3.04. The molecule has 5 nitrogen and oxygen atoms in total. The quantitative estimate of drug-likeness (QED) is 0.534. The number of nitrogens with zero attached hydrogens (tertiary/aromatic N) is 2. The molecule has 0 saturated heterocycles. The average Bonchev–Trinajstić information content (AvgIpc) is 2.96. The van der Waals surface area contributed by atoms with E-state index in [4.69, 9.17) is 0 Å². The van der Waals surface area contributed by atoms with Crippen molar-refractivity contribution in [3.05, 3.63) is 87.8 Å². The van der Waals surface area contributed by atoms with E-state index in [1.54, 1.807) is 6.07 Å². The van der Waals surface area contributed by atoms with E-state index >= 15 is 0 Å². The Morgan fingerprint density at radius 1 is 1.00 bits per heavy atom. The first kappa shape index (κ1) is 16.8. The van der Waals surface area contributed by atoms with Gasteiger partial charge in [-0.3, -0.25) is 14.9 Å². The molecule has 0 radical (unpaired) electrons. The van der Waals surface area contributed by atoms with Gasteiger partial charge < -0.3 is 5.11 Å². The van der Waals surface area contributed by atoms with Crippen molar-refractivity contribution in [1.82, 2.24) is 9.78 Å². The third-order valence-corrected chi connectivity index (χ3v) is 4.61. The molecule has 0 aliphatic heterocycles. The first-order chi connectivity index (χ1) is 13.0. The first-order valence-corrected chi connectivity index (χ1v) is 8.68. The van der Waals surface area contributed by atoms with E-state index < -0.39 is 0 Å². The lowest BCUT2D eigenvalue weighted by Crippen LogP contribution is -2.17. The second-order valence-corrected chi connectivity index (χ2v) is 6.54. The minimum atomic E-state index is -0.181. The lowest BCUT2D eigenvalue weighted by atomic mass is 10.1. The maximum absolute atomic E-state index is 12.8. The Kier molecular flexibility index (Phi) is 4.12. The van der Waals surface area contributed by atoms with Gasteiger partial charge >= 0.3 is 0 Å². The molecule has 0 bridgehead atoms. The second-order valence-electron chi connectivity index (χ2n) is 6.54. The number of phenols is 1. The molecule has 0 spiro atoms. The van der Waals surface area contributed by atoms with Gasteiger partial charge in [-0.1, -0.05) is 48.0 Å². The highest BCUT2D eigenvalue weighted by molar-refractivity contribution is 5.98. The fourth-order valence-electron chi connectivity index (χ4n) is 3.10. The molecule has 3 aromatic carbocycles. The molecule has 0 fully saturated rings. The first-order valence-electron chi connectivity index (χ1n) is 8.68. The van der Waals surface area contributed by atoms with E-state index in [0.717, 1.165) is 22.0 Å². The van der Waals surface area contributed by atoms with Crippen molar-refractivity contribution in [3.63, 3.8) is 0 Å². The summed E-state index contributed by atoms with van der Waals surface area (Å²) in [6.07, 6.45) is 1.51. The fraction of sp³-hybridized carbons (Fsp3) is 0.0909. The smallest absolute Gasteiger partial charge is 0.280 e. The molecule has 0 aliphatic carbocycles. The van der Waals surface area contributed by atoms with Gasteiger partial charge in [0, 0.05) is 17.3 Å². The molecule has 134 valence electrons. The molecule has 27 heavy (non-hydrogen) atoms. The average molecular weight is 357 g/mol. The zero-order valence-corrected chi connectivity index (χ0v) is 15.1. The Bertz CT molecular complexity index is 1210. The Hall–Kier alpha value is -3.60. The number of rotatable bonds is 3. The molecule has 4 rings (SSSR count). The summed E-state index contributed by atoms with van der Waals surface area (Å²) in [5.74, 6) is 0.0806. The largest absolute Gasteiger partial charge is 0.506 e. The molecule has 1 heterocycles. The van der Waals surface area contributed by atoms with E-state index in [9.17, 15) is 9.90 Å². The Morgan fingerprint density at radius 3 is 2.52 bits per heavy atom. The molecule has 0 atom stereocenters. The molecule has 4 aromatic rings. The van der Waals surface area contributed by atoms with Crippen molar-refractivity contribution < 1.29 is 5.11 Å². The Labute approximate surface area is 156 Å². The molecule has 5 heteroatoms. The molecule has 0 saturated carbocycles. The van der Waals surface area contributed by atoms with E-state index in [1.165, 1.54) is 10.9 Å². The minimum absolute atomic E-state index is 0.0806. The Balaban J connectivity index is 1.79. The lowest BCUT2D eigenvalue weighted by Gasteiger charge is -2.04. The van der Waals surface area contributed by atoms with Crippen molar-refractivity contribution in [2.24, 2.45) is 4.99 Å². The topological polar surface area (TPSA) is 70.4 Å². The van der Waals surface area contributed by atoms with Crippen LogP contribution >= 0.6 is 0 Å². The van der Waals surface area contributed by atoms with Crippen LogP contribution in [0.1, 0.15) is 16.8 Å². The number of H-pyrrole nitrogens is 1. The molecule has 0 amide bonds. The zero-order chi connectivity index (χ0) is 19.0. The number of hydrogen-bond donors (Lipinski definition) is 2. The summed E-state index contributed by atoms with van der Waals surface area (Å²) in [4.78, 5) is 17.3. The summed E-state index contributed by atoms with van der Waals surface area (Å²) >= 11 is 0. The highest BCUT2D eigenvalue weighted by Crippen LogP contribution is 2.34. The van der Waals surface area contributed by atoms with Crippen LogP contribution in [0.25, 0.3) is 16.5 Å². The normalized spacial score (nSPS) is 11.5. The number of aromatic hydroxyl groups is 1. The summed E-state index contributed by atoms with van der Waals surface area (Å²) in [5.41, 5.74) is 3.34. The van der Waals surface area contributed by atoms with Crippen molar-refractivity contribution in [2.75, 3.05) is 0 Å². The van der Waals surface area contributed by atoms with Gasteiger partial charge in [-0.2, -0.15) is 0 Å². The Morgan fingerprint density at radius 2 is 1.74 bits per heavy atom. The zero-order valence-electron chi connectivity index (χ0n) is 15.1. The van der Waals surface area contributed by atoms with Crippen molar-refractivity contribution in [2.45, 2.75) is 13.8 Å². The second kappa shape index (κ2) is 6.61. The number of nitrogens with one attached hydrogen (secondary N) is 1. The van der Waals surface area contributed by atoms with Gasteiger partial charge in [0.05, 0.1) is 11.3 Å². The van der Waals surface area contributed by atoms with Crippen LogP contribution in [0.2, 0.25) is 0 Å². The van der Waals surface area contributed by atoms with Crippen LogP contribution in [0.4, 0.5) is 5.69 Å². The van der Waals surface area contributed by atoms with Crippen LogP contribution < -0.4 is 5.56 Å². The monoisotopic (exact) mass is 357 g/mol. The van der Waals surface area contributed by atoms with Crippen LogP contribution in [0.3, 0.4) is 0 Å². The number of benzene rings is 3. The number of aliphatic imine (C=N–C) groups is 1. The van der Waals surface area contributed by atoms with Crippen molar-refractivity contribution in [1.29, 1.82) is 0 Å². The van der Waals surface area contributed by atoms with Crippen molar-refractivity contribution in [3.8, 4) is 11.4 Å². The highest BCUT2D eigenvalue weighted by Gasteiger charge is 2.11. The van der Waals surface area contributed by atoms with Crippen LogP contribution in [0, 0.1) is 13.8 Å². The minimum Gasteiger partial charge on any atom is -0.506 e. The number of fused-ring (bicyclic) bond motifs is 1. The number of aryl methyl sites for hydroxylation is 2. The molecule has 2 N–H and O–H groups in total. The number of hydrogen-bond acceptors (Lipinski definition) is 3. The van der Waals surface area contributed by atoms with Crippen LogP contribution in [0.15, 0.2) is 70.5 Å². The maximum atomic E-state index is 12.8. The molecule has 1 aromatic heterocycles. The van der Waals surface area contributed by atoms with Crippen LogP contribution in [-0.4, -0.2) is 21.1 Å². The SMILES string of the molecule is Cc1ccc(-n2[nH]c(C)c(C=Nc3c(O)ccc4ccccc34)c2=O)cc1. The molecule has 0 unspecified atom stereocenters. The number of phenolic OH excluding ortho intramolecular Hbond substituents is 1. The molecular formula is C22H19N3O2. The predicted molar refractivity (Wildman–Crippen MR) is 109 cm³/mol. The summed E-state index contributed by atoms with van der Waals surface area (Å²) in [5, 5.41) is 15.1. The van der Waals surface area contributed by atoms with E-state index in [-0.39, 0.29) is 11.3 Å². The van der Waals surface area contributed by atoms with E-state index in [2.05, 4.69) is 10.1 Å². The van der Waals surface area contributed by atoms with Gasteiger partial charge in [-0.15, -0.1) is 0 Å². The maximum Gasteiger partial charge on any atom is 0.280 e. The predicted octanol–water partition coefficient (Wildman–Crippen LogP) is 4.39. The number of aromatic nitrogens is 2.